The fourth-order valence-corrected chi connectivity index (χ4v) is 2.25. The number of aliphatic carboxylic acids is 1. The van der Waals surface area contributed by atoms with Gasteiger partial charge in [0.2, 0.25) is 0 Å². The van der Waals surface area contributed by atoms with Crippen molar-refractivity contribution in [3.63, 3.8) is 0 Å². The number of rotatable bonds is 6. The molecule has 1 aliphatic carbocycles. The molecule has 1 fully saturated rings. The van der Waals surface area contributed by atoms with E-state index in [0.29, 0.717) is 23.2 Å². The molecule has 0 spiro atoms. The quantitative estimate of drug-likeness (QED) is 0.808. The highest BCUT2D eigenvalue weighted by molar-refractivity contribution is 5.85. The molecule has 20 heavy (non-hydrogen) atoms. The molecule has 108 valence electrons. The molecule has 2 rings (SSSR count). The number of carboxylic acid groups (broad SMARTS) is 1. The summed E-state index contributed by atoms with van der Waals surface area (Å²) in [5.41, 5.74) is 1.18. The Kier molecular flexibility index (Phi) is 4.42. The summed E-state index contributed by atoms with van der Waals surface area (Å²) in [5, 5.41) is 8.58. The van der Waals surface area contributed by atoms with Crippen LogP contribution in [0.15, 0.2) is 24.3 Å². The summed E-state index contributed by atoms with van der Waals surface area (Å²) < 4.78 is 14.2. The summed E-state index contributed by atoms with van der Waals surface area (Å²) in [5.74, 6) is -0.847. The van der Waals surface area contributed by atoms with Gasteiger partial charge in [0, 0.05) is 18.7 Å². The van der Waals surface area contributed by atoms with Crippen LogP contribution in [0.1, 0.15) is 32.3 Å². The molecule has 1 aromatic rings. The molecule has 0 bridgehead atoms. The second kappa shape index (κ2) is 6.07. The van der Waals surface area contributed by atoms with Gasteiger partial charge in [-0.05, 0) is 42.5 Å². The molecule has 4 heteroatoms. The van der Waals surface area contributed by atoms with Crippen LogP contribution in [0.2, 0.25) is 0 Å². The van der Waals surface area contributed by atoms with E-state index in [0.717, 1.165) is 25.5 Å². The highest BCUT2D eigenvalue weighted by Gasteiger charge is 2.30. The number of carboxylic acids is 1. The highest BCUT2D eigenvalue weighted by atomic mass is 19.1. The minimum absolute atomic E-state index is 0.287. The first kappa shape index (κ1) is 14.6. The van der Waals surface area contributed by atoms with Crippen LogP contribution in [0.5, 0.6) is 0 Å². The third-order valence-corrected chi connectivity index (χ3v) is 3.25. The summed E-state index contributed by atoms with van der Waals surface area (Å²) in [4.78, 5) is 12.6. The third kappa shape index (κ3) is 3.83. The van der Waals surface area contributed by atoms with Crippen molar-refractivity contribution in [1.29, 1.82) is 0 Å². The Labute approximate surface area is 118 Å². The highest BCUT2D eigenvalue weighted by Crippen LogP contribution is 2.34. The number of halogens is 1. The Hall–Kier alpha value is -1.84. The summed E-state index contributed by atoms with van der Waals surface area (Å²) in [6, 6.07) is 5.35. The van der Waals surface area contributed by atoms with Crippen molar-refractivity contribution in [3.05, 3.63) is 35.7 Å². The molecule has 0 radical (unpaired) electrons. The molecular formula is C16H20FNO2. The normalized spacial score (nSPS) is 15.0. The fourth-order valence-electron chi connectivity index (χ4n) is 2.25. The van der Waals surface area contributed by atoms with E-state index < -0.39 is 5.97 Å². The van der Waals surface area contributed by atoms with Gasteiger partial charge in [0.05, 0.1) is 5.69 Å². The Bertz CT molecular complexity index is 521. The Morgan fingerprint density at radius 2 is 2.20 bits per heavy atom. The Morgan fingerprint density at radius 3 is 2.70 bits per heavy atom. The van der Waals surface area contributed by atoms with Crippen molar-refractivity contribution in [1.82, 2.24) is 0 Å². The van der Waals surface area contributed by atoms with E-state index in [9.17, 15) is 9.18 Å². The van der Waals surface area contributed by atoms with Crippen molar-refractivity contribution in [2.75, 3.05) is 11.4 Å². The summed E-state index contributed by atoms with van der Waals surface area (Å²) in [6.07, 6.45) is 4.65. The van der Waals surface area contributed by atoms with Crippen LogP contribution < -0.4 is 4.90 Å². The van der Waals surface area contributed by atoms with E-state index in [2.05, 4.69) is 18.7 Å². The lowest BCUT2D eigenvalue weighted by Crippen LogP contribution is -2.30. The predicted molar refractivity (Wildman–Crippen MR) is 78.3 cm³/mol. The van der Waals surface area contributed by atoms with Crippen molar-refractivity contribution < 1.29 is 14.3 Å². The number of carbonyl (C=O) groups is 1. The van der Waals surface area contributed by atoms with Crippen molar-refractivity contribution >= 4 is 17.7 Å². The summed E-state index contributed by atoms with van der Waals surface area (Å²) in [7, 11) is 0. The molecule has 1 saturated carbocycles. The largest absolute Gasteiger partial charge is 0.478 e. The van der Waals surface area contributed by atoms with Gasteiger partial charge in [-0.2, -0.15) is 0 Å². The van der Waals surface area contributed by atoms with Gasteiger partial charge in [-0.25, -0.2) is 9.18 Å². The van der Waals surface area contributed by atoms with Gasteiger partial charge < -0.3 is 10.0 Å². The Balaban J connectivity index is 2.21. The molecule has 0 atom stereocenters. The van der Waals surface area contributed by atoms with Gasteiger partial charge in [0.1, 0.15) is 5.82 Å². The van der Waals surface area contributed by atoms with Gasteiger partial charge >= 0.3 is 5.97 Å². The van der Waals surface area contributed by atoms with Gasteiger partial charge in [-0.15, -0.1) is 0 Å². The zero-order valence-electron chi connectivity index (χ0n) is 11.8. The number of hydrogen-bond acceptors (Lipinski definition) is 2. The molecule has 1 N–H and O–H groups in total. The first-order valence-corrected chi connectivity index (χ1v) is 6.94. The maximum absolute atomic E-state index is 14.2. The number of anilines is 1. The molecule has 0 aromatic heterocycles. The molecule has 0 aliphatic heterocycles. The van der Waals surface area contributed by atoms with Crippen molar-refractivity contribution in [2.45, 2.75) is 32.7 Å². The summed E-state index contributed by atoms with van der Waals surface area (Å²) >= 11 is 0. The van der Waals surface area contributed by atoms with Crippen LogP contribution in [0.3, 0.4) is 0 Å². The first-order valence-electron chi connectivity index (χ1n) is 6.94. The fraction of sp³-hybridized carbons (Fsp3) is 0.438. The van der Waals surface area contributed by atoms with Crippen LogP contribution in [0.25, 0.3) is 6.08 Å². The first-order chi connectivity index (χ1) is 9.47. The van der Waals surface area contributed by atoms with E-state index in [-0.39, 0.29) is 5.82 Å². The number of nitrogens with zero attached hydrogens (tertiary/aromatic N) is 1. The van der Waals surface area contributed by atoms with Crippen LogP contribution in [-0.2, 0) is 4.79 Å². The lowest BCUT2D eigenvalue weighted by atomic mass is 10.1. The van der Waals surface area contributed by atoms with Gasteiger partial charge in [-0.3, -0.25) is 0 Å². The standard InChI is InChI=1S/C16H20FNO2/c1-11(2)10-18(13-5-6-13)15-7-3-12(9-14(15)17)4-8-16(19)20/h3-4,7-9,11,13H,5-6,10H2,1-2H3,(H,19,20). The molecule has 1 aromatic carbocycles. The number of hydrogen-bond donors (Lipinski definition) is 1. The lowest BCUT2D eigenvalue weighted by Gasteiger charge is -2.27. The molecule has 3 nitrogen and oxygen atoms in total. The number of benzene rings is 1. The molecule has 0 amide bonds. The maximum Gasteiger partial charge on any atom is 0.328 e. The van der Waals surface area contributed by atoms with Crippen molar-refractivity contribution in [2.24, 2.45) is 5.92 Å². The van der Waals surface area contributed by atoms with E-state index in [4.69, 9.17) is 5.11 Å². The monoisotopic (exact) mass is 277 g/mol. The van der Waals surface area contributed by atoms with E-state index >= 15 is 0 Å². The zero-order chi connectivity index (χ0) is 14.7. The molecule has 0 saturated heterocycles. The second-order valence-electron chi connectivity index (χ2n) is 5.66. The Morgan fingerprint density at radius 1 is 1.50 bits per heavy atom. The van der Waals surface area contributed by atoms with Crippen LogP contribution in [0.4, 0.5) is 10.1 Å². The maximum atomic E-state index is 14.2. The summed E-state index contributed by atoms with van der Waals surface area (Å²) in [6.45, 7) is 5.08. The average Bonchev–Trinajstić information content (AvgIpc) is 3.18. The zero-order valence-corrected chi connectivity index (χ0v) is 11.8. The SMILES string of the molecule is CC(C)CN(c1ccc(C=CC(=O)O)cc1F)C1CC1. The smallest absolute Gasteiger partial charge is 0.328 e. The topological polar surface area (TPSA) is 40.5 Å². The van der Waals surface area contributed by atoms with Gasteiger partial charge in [0.15, 0.2) is 0 Å². The van der Waals surface area contributed by atoms with E-state index in [1.54, 1.807) is 12.1 Å². The van der Waals surface area contributed by atoms with Gasteiger partial charge in [-0.1, -0.05) is 19.9 Å². The predicted octanol–water partition coefficient (Wildman–Crippen LogP) is 3.55. The van der Waals surface area contributed by atoms with E-state index in [1.165, 1.54) is 12.1 Å². The van der Waals surface area contributed by atoms with Gasteiger partial charge in [0.25, 0.3) is 0 Å². The third-order valence-electron chi connectivity index (χ3n) is 3.25. The minimum atomic E-state index is -1.03. The minimum Gasteiger partial charge on any atom is -0.478 e. The molecule has 1 aliphatic rings. The van der Waals surface area contributed by atoms with Crippen LogP contribution >= 0.6 is 0 Å². The van der Waals surface area contributed by atoms with Crippen molar-refractivity contribution in [3.8, 4) is 0 Å². The second-order valence-corrected chi connectivity index (χ2v) is 5.66. The molecule has 0 unspecified atom stereocenters. The van der Waals surface area contributed by atoms with Crippen LogP contribution in [0, 0.1) is 11.7 Å². The lowest BCUT2D eigenvalue weighted by molar-refractivity contribution is -0.131. The average molecular weight is 277 g/mol. The van der Waals surface area contributed by atoms with Crippen LogP contribution in [-0.4, -0.2) is 23.7 Å². The van der Waals surface area contributed by atoms with E-state index in [1.807, 2.05) is 0 Å². The molecular weight excluding hydrogens is 257 g/mol. The molecule has 0 heterocycles.